The van der Waals surface area contributed by atoms with Crippen LogP contribution in [0, 0.1) is 138 Å². The molecule has 0 spiro atoms. The molecule has 3 aromatic rings. The number of rotatable bonds is 4. The first-order valence-corrected chi connectivity index (χ1v) is 12.3. The van der Waals surface area contributed by atoms with Crippen molar-refractivity contribution in [1.82, 2.24) is 0 Å². The average molecular weight is 686 g/mol. The molecule has 1 aliphatic carbocycles. The summed E-state index contributed by atoms with van der Waals surface area (Å²) in [5, 5.41) is 55.8. The van der Waals surface area contributed by atoms with E-state index in [9.17, 15) is 42.1 Å². The van der Waals surface area contributed by atoms with E-state index in [1.54, 1.807) is 0 Å². The van der Waals surface area contributed by atoms with Gasteiger partial charge < -0.3 is 0 Å². The fraction of sp³-hybridized carbons (Fsp3) is 0.0323. The second-order valence-electron chi connectivity index (χ2n) is 9.27. The van der Waals surface area contributed by atoms with E-state index >= 15 is 26.3 Å². The zero-order valence-electron chi connectivity index (χ0n) is 22.9. The maximum atomic E-state index is 15.2. The summed E-state index contributed by atoms with van der Waals surface area (Å²) >= 11 is 0. The number of nitriles is 6. The van der Waals surface area contributed by atoms with Crippen LogP contribution in [0.2, 0.25) is 0 Å². The molecule has 0 amide bonds. The van der Waals surface area contributed by atoms with Crippen LogP contribution in [0.4, 0.5) is 52.7 Å². The summed E-state index contributed by atoms with van der Waals surface area (Å²) in [6.07, 6.45) is -1.47. The van der Waals surface area contributed by atoms with E-state index in [4.69, 9.17) is 15.8 Å². The van der Waals surface area contributed by atoms with Gasteiger partial charge in [-0.15, -0.1) is 0 Å². The molecule has 0 saturated heterocycles. The van der Waals surface area contributed by atoms with E-state index in [2.05, 4.69) is 0 Å². The SMILES string of the molecule is N#CCC(=C1C(=C(C#N)c2c(F)c(F)c(C#N)c(F)c2F)C1=C(C#N)c1c(F)c(F)c(C#N)c(F)c1F)c1c(F)c(F)c(C#N)c(F)c1F. The van der Waals surface area contributed by atoms with Crippen molar-refractivity contribution >= 4 is 16.7 Å². The zero-order chi connectivity index (χ0) is 36.8. The molecule has 0 radical (unpaired) electrons. The predicted octanol–water partition coefficient (Wildman–Crippen LogP) is 7.61. The maximum Gasteiger partial charge on any atom is 0.180 e. The van der Waals surface area contributed by atoms with Crippen LogP contribution in [0.25, 0.3) is 16.7 Å². The van der Waals surface area contributed by atoms with Crippen LogP contribution in [0.1, 0.15) is 39.8 Å². The van der Waals surface area contributed by atoms with Gasteiger partial charge in [0.25, 0.3) is 0 Å². The zero-order valence-corrected chi connectivity index (χ0v) is 22.9. The molecule has 49 heavy (non-hydrogen) atoms. The highest BCUT2D eigenvalue weighted by atomic mass is 19.2. The first-order valence-electron chi connectivity index (χ1n) is 12.3. The number of hydrogen-bond acceptors (Lipinski definition) is 6. The third-order valence-corrected chi connectivity index (χ3v) is 6.90. The summed E-state index contributed by atoms with van der Waals surface area (Å²) in [4.78, 5) is 0. The Bertz CT molecular complexity index is 2250. The molecule has 1 fully saturated rings. The topological polar surface area (TPSA) is 143 Å². The van der Waals surface area contributed by atoms with Gasteiger partial charge >= 0.3 is 0 Å². The highest BCUT2D eigenvalue weighted by molar-refractivity contribution is 6.10. The molecule has 3 aromatic carbocycles. The second-order valence-corrected chi connectivity index (χ2v) is 9.27. The van der Waals surface area contributed by atoms with Gasteiger partial charge in [0, 0.05) is 11.1 Å². The van der Waals surface area contributed by atoms with Crippen molar-refractivity contribution in [3.8, 4) is 36.4 Å². The van der Waals surface area contributed by atoms with Gasteiger partial charge in [-0.3, -0.25) is 0 Å². The maximum absolute atomic E-state index is 15.2. The summed E-state index contributed by atoms with van der Waals surface area (Å²) in [7, 11) is 0. The van der Waals surface area contributed by atoms with Crippen molar-refractivity contribution in [1.29, 1.82) is 31.6 Å². The molecule has 4 rings (SSSR count). The minimum absolute atomic E-state index is 0.781. The van der Waals surface area contributed by atoms with Crippen LogP contribution in [-0.2, 0) is 0 Å². The lowest BCUT2D eigenvalue weighted by Gasteiger charge is -2.10. The van der Waals surface area contributed by atoms with Crippen molar-refractivity contribution in [3.05, 3.63) is 120 Å². The molecule has 0 aliphatic heterocycles. The summed E-state index contributed by atoms with van der Waals surface area (Å²) in [6.45, 7) is 0. The Kier molecular flexibility index (Phi) is 8.99. The highest BCUT2D eigenvalue weighted by Gasteiger charge is 2.46. The van der Waals surface area contributed by atoms with Crippen LogP contribution < -0.4 is 0 Å². The molecular weight excluding hydrogens is 684 g/mol. The van der Waals surface area contributed by atoms with Crippen LogP contribution in [0.5, 0.6) is 0 Å². The molecule has 0 atom stereocenters. The van der Waals surface area contributed by atoms with Crippen LogP contribution in [-0.4, -0.2) is 0 Å². The van der Waals surface area contributed by atoms with Gasteiger partial charge in [0.2, 0.25) is 0 Å². The lowest BCUT2D eigenvalue weighted by Crippen LogP contribution is -2.07. The normalized spacial score (nSPS) is 13.7. The summed E-state index contributed by atoms with van der Waals surface area (Å²) in [5.74, 6) is -29.4. The van der Waals surface area contributed by atoms with E-state index in [1.807, 2.05) is 0 Å². The fourth-order valence-corrected chi connectivity index (χ4v) is 4.74. The van der Waals surface area contributed by atoms with Crippen molar-refractivity contribution in [2.75, 3.05) is 0 Å². The first-order chi connectivity index (χ1) is 23.1. The van der Waals surface area contributed by atoms with Gasteiger partial charge in [-0.05, 0) is 11.1 Å². The van der Waals surface area contributed by atoms with Gasteiger partial charge in [0.1, 0.15) is 47.0 Å². The summed E-state index contributed by atoms with van der Waals surface area (Å²) in [5.41, 5.74) is -20.4. The Labute approximate surface area is 264 Å². The molecule has 240 valence electrons. The smallest absolute Gasteiger partial charge is 0.180 e. The number of hydrogen-bond donors (Lipinski definition) is 0. The van der Waals surface area contributed by atoms with Crippen molar-refractivity contribution in [3.63, 3.8) is 0 Å². The first kappa shape index (κ1) is 34.8. The Morgan fingerprint density at radius 1 is 0.367 bits per heavy atom. The van der Waals surface area contributed by atoms with Crippen molar-refractivity contribution in [2.24, 2.45) is 0 Å². The Balaban J connectivity index is 2.40. The van der Waals surface area contributed by atoms with E-state index in [0.29, 0.717) is 0 Å². The third-order valence-electron chi connectivity index (χ3n) is 6.90. The second kappa shape index (κ2) is 12.6. The Morgan fingerprint density at radius 3 is 0.857 bits per heavy atom. The minimum atomic E-state index is -2.51. The monoisotopic (exact) mass is 686 g/mol. The van der Waals surface area contributed by atoms with Crippen molar-refractivity contribution < 1.29 is 52.7 Å². The Morgan fingerprint density at radius 2 is 0.633 bits per heavy atom. The molecule has 6 nitrogen and oxygen atoms in total. The fourth-order valence-electron chi connectivity index (χ4n) is 4.74. The van der Waals surface area contributed by atoms with Crippen LogP contribution in [0.15, 0.2) is 16.7 Å². The number of nitrogens with zero attached hydrogens (tertiary/aromatic N) is 6. The molecule has 0 unspecified atom stereocenters. The minimum Gasteiger partial charge on any atom is -0.203 e. The molecule has 1 aliphatic rings. The van der Waals surface area contributed by atoms with Gasteiger partial charge in [-0.2, -0.15) is 31.6 Å². The van der Waals surface area contributed by atoms with E-state index < -0.39 is 143 Å². The largest absolute Gasteiger partial charge is 0.203 e. The summed E-state index contributed by atoms with van der Waals surface area (Å²) in [6, 6.07) is 5.59. The lowest BCUT2D eigenvalue weighted by molar-refractivity contribution is 0.446. The standard InChI is InChI=1S/C31H2F12N6/c32-20-11(5-47)21(33)27(39)17(26(20)38)8(1-2-44)14-15(9(3-45)18-28(40)22(34)12(6-48)23(35)29(18)41)16(14)10(4-46)19-30(42)24(36)13(7-49)25(37)31(19)43/h1H2. The van der Waals surface area contributed by atoms with Crippen LogP contribution in [0.3, 0.4) is 0 Å². The number of allylic oxidation sites excluding steroid dienone is 6. The molecule has 0 bridgehead atoms. The number of benzene rings is 3. The Hall–Kier alpha value is -7.02. The molecule has 1 saturated carbocycles. The van der Waals surface area contributed by atoms with Gasteiger partial charge in [0.15, 0.2) is 69.8 Å². The van der Waals surface area contributed by atoms with Gasteiger partial charge in [0.05, 0.1) is 40.3 Å². The van der Waals surface area contributed by atoms with E-state index in [0.717, 1.165) is 30.3 Å². The summed E-state index contributed by atoms with van der Waals surface area (Å²) < 4.78 is 178. The molecule has 0 N–H and O–H groups in total. The molecule has 0 heterocycles. The molecule has 0 aromatic heterocycles. The van der Waals surface area contributed by atoms with E-state index in [1.165, 1.54) is 6.07 Å². The van der Waals surface area contributed by atoms with Crippen molar-refractivity contribution in [2.45, 2.75) is 6.42 Å². The quantitative estimate of drug-likeness (QED) is 0.157. The predicted molar refractivity (Wildman–Crippen MR) is 135 cm³/mol. The highest BCUT2D eigenvalue weighted by Crippen LogP contribution is 2.58. The number of halogens is 12. The molecular formula is C31H2F12N6. The van der Waals surface area contributed by atoms with Gasteiger partial charge in [-0.25, -0.2) is 52.7 Å². The van der Waals surface area contributed by atoms with E-state index in [-0.39, 0.29) is 0 Å². The van der Waals surface area contributed by atoms with Gasteiger partial charge in [-0.1, -0.05) is 0 Å². The van der Waals surface area contributed by atoms with Crippen LogP contribution >= 0.6 is 0 Å². The third kappa shape index (κ3) is 4.97. The average Bonchev–Trinajstić information content (AvgIpc) is 3.80. The lowest BCUT2D eigenvalue weighted by atomic mass is 9.96. The molecule has 18 heteroatoms.